The van der Waals surface area contributed by atoms with Gasteiger partial charge in [0.15, 0.2) is 0 Å². The monoisotopic (exact) mass is 292 g/mol. The van der Waals surface area contributed by atoms with Crippen molar-refractivity contribution in [2.24, 2.45) is 5.73 Å². The van der Waals surface area contributed by atoms with E-state index in [0.29, 0.717) is 31.7 Å². The molecule has 1 fully saturated rings. The number of carbonyl (C=O) groups excluding carboxylic acids is 1. The number of benzene rings is 1. The second kappa shape index (κ2) is 6.21. The summed E-state index contributed by atoms with van der Waals surface area (Å²) < 4.78 is 1.65. The molecule has 0 aromatic heterocycles. The Morgan fingerprint density at radius 3 is 2.43 bits per heavy atom. The summed E-state index contributed by atoms with van der Waals surface area (Å²) in [7, 11) is 0. The van der Waals surface area contributed by atoms with Gasteiger partial charge in [0.1, 0.15) is 0 Å². The number of piperazine rings is 1. The summed E-state index contributed by atoms with van der Waals surface area (Å²) in [6, 6.07) is 7.41. The molecule has 0 aliphatic carbocycles. The molecule has 1 aromatic carbocycles. The van der Waals surface area contributed by atoms with Gasteiger partial charge < -0.3 is 4.90 Å². The predicted octanol–water partition coefficient (Wildman–Crippen LogP) is -0.441. The Labute approximate surface area is 122 Å². The lowest BCUT2D eigenvalue weighted by Crippen LogP contribution is -2.52. The van der Waals surface area contributed by atoms with Crippen LogP contribution >= 0.6 is 0 Å². The van der Waals surface area contributed by atoms with Crippen molar-refractivity contribution in [3.8, 4) is 0 Å². The second-order valence-electron chi connectivity index (χ2n) is 4.90. The number of rotatable bonds is 2. The van der Waals surface area contributed by atoms with Gasteiger partial charge in [-0.25, -0.2) is 10.1 Å². The molecular weight excluding hydrogens is 274 g/mol. The first-order valence-electron chi connectivity index (χ1n) is 6.62. The third-order valence-electron chi connectivity index (χ3n) is 3.41. The summed E-state index contributed by atoms with van der Waals surface area (Å²) in [5.74, 6) is -0.0297. The lowest BCUT2D eigenvalue weighted by molar-refractivity contribution is -0.573. The third kappa shape index (κ3) is 3.68. The summed E-state index contributed by atoms with van der Waals surface area (Å²) >= 11 is 0. The van der Waals surface area contributed by atoms with Crippen molar-refractivity contribution in [3.05, 3.63) is 45.5 Å². The Bertz CT molecular complexity index is 572. The van der Waals surface area contributed by atoms with Crippen molar-refractivity contribution in [1.29, 1.82) is 0 Å². The molecule has 112 valence electrons. The number of carbonyl (C=O) groups is 1. The molecule has 0 spiro atoms. The number of guanidine groups is 1. The highest BCUT2D eigenvalue weighted by Gasteiger charge is 2.24. The molecule has 0 saturated carbocycles. The molecular formula is C13H18N5O3+. The van der Waals surface area contributed by atoms with Gasteiger partial charge >= 0.3 is 5.96 Å². The zero-order chi connectivity index (χ0) is 15.4. The first-order valence-corrected chi connectivity index (χ1v) is 6.62. The maximum atomic E-state index is 12.3. The average molecular weight is 292 g/mol. The van der Waals surface area contributed by atoms with Crippen molar-refractivity contribution in [1.82, 2.24) is 10.3 Å². The van der Waals surface area contributed by atoms with Crippen LogP contribution in [0.3, 0.4) is 0 Å². The van der Waals surface area contributed by atoms with Crippen molar-refractivity contribution < 1.29 is 14.4 Å². The zero-order valence-corrected chi connectivity index (χ0v) is 11.8. The number of aryl methyl sites for hydroxylation is 1. The van der Waals surface area contributed by atoms with Crippen LogP contribution in [0.15, 0.2) is 24.3 Å². The van der Waals surface area contributed by atoms with Crippen LogP contribution in [-0.2, 0) is 0 Å². The van der Waals surface area contributed by atoms with Gasteiger partial charge in [-0.3, -0.25) is 15.1 Å². The Hall–Kier alpha value is -2.64. The fraction of sp³-hybridized carbons (Fsp3) is 0.385. The molecule has 1 heterocycles. The number of hydrogen-bond acceptors (Lipinski definition) is 3. The molecule has 8 nitrogen and oxygen atoms in total. The number of amides is 1. The zero-order valence-electron chi connectivity index (χ0n) is 11.8. The normalized spacial score (nSPS) is 14.7. The smallest absolute Gasteiger partial charge is 0.332 e. The number of nitrogens with zero attached hydrogens (tertiary/aromatic N) is 3. The van der Waals surface area contributed by atoms with Gasteiger partial charge in [-0.2, -0.15) is 0 Å². The molecule has 0 radical (unpaired) electrons. The minimum absolute atomic E-state index is 0.00225. The SMILES string of the molecule is Cc1ccc(C(=O)N2CC[N+](=C(N)N[N+](=O)[O-])CC2)cc1. The maximum Gasteiger partial charge on any atom is 0.406 e. The largest absolute Gasteiger partial charge is 0.406 e. The van der Waals surface area contributed by atoms with E-state index in [1.807, 2.05) is 24.5 Å². The van der Waals surface area contributed by atoms with Crippen molar-refractivity contribution in [2.75, 3.05) is 26.2 Å². The predicted molar refractivity (Wildman–Crippen MR) is 76.4 cm³/mol. The van der Waals surface area contributed by atoms with E-state index in [1.165, 1.54) is 0 Å². The number of nitrogens with two attached hydrogens (primary N) is 1. The van der Waals surface area contributed by atoms with Crippen LogP contribution in [0.2, 0.25) is 0 Å². The van der Waals surface area contributed by atoms with Crippen LogP contribution in [0.25, 0.3) is 0 Å². The van der Waals surface area contributed by atoms with E-state index in [-0.39, 0.29) is 11.9 Å². The molecule has 21 heavy (non-hydrogen) atoms. The number of hydrazine groups is 1. The van der Waals surface area contributed by atoms with Crippen LogP contribution in [-0.4, -0.2) is 52.6 Å². The number of nitro groups is 1. The maximum absolute atomic E-state index is 12.3. The molecule has 1 amide bonds. The molecule has 1 aromatic rings. The molecule has 0 unspecified atom stereocenters. The lowest BCUT2D eigenvalue weighted by atomic mass is 10.1. The minimum Gasteiger partial charge on any atom is -0.332 e. The van der Waals surface area contributed by atoms with E-state index >= 15 is 0 Å². The highest BCUT2D eigenvalue weighted by atomic mass is 16.7. The van der Waals surface area contributed by atoms with Crippen molar-refractivity contribution in [2.45, 2.75) is 6.92 Å². The Morgan fingerprint density at radius 2 is 1.90 bits per heavy atom. The van der Waals surface area contributed by atoms with Gasteiger partial charge in [0.2, 0.25) is 5.03 Å². The Kier molecular flexibility index (Phi) is 4.36. The Morgan fingerprint density at radius 1 is 1.33 bits per heavy atom. The highest BCUT2D eigenvalue weighted by Crippen LogP contribution is 2.08. The van der Waals surface area contributed by atoms with Gasteiger partial charge in [0.05, 0.1) is 26.2 Å². The van der Waals surface area contributed by atoms with Crippen LogP contribution in [0.1, 0.15) is 15.9 Å². The van der Waals surface area contributed by atoms with E-state index in [9.17, 15) is 14.9 Å². The van der Waals surface area contributed by atoms with Gasteiger partial charge in [0.25, 0.3) is 5.91 Å². The van der Waals surface area contributed by atoms with Crippen LogP contribution in [0, 0.1) is 17.0 Å². The second-order valence-corrected chi connectivity index (χ2v) is 4.90. The van der Waals surface area contributed by atoms with E-state index in [0.717, 1.165) is 5.56 Å². The van der Waals surface area contributed by atoms with Crippen molar-refractivity contribution >= 4 is 11.9 Å². The van der Waals surface area contributed by atoms with Crippen LogP contribution in [0.5, 0.6) is 0 Å². The lowest BCUT2D eigenvalue weighted by Gasteiger charge is -2.28. The van der Waals surface area contributed by atoms with E-state index < -0.39 is 5.03 Å². The average Bonchev–Trinajstić information content (AvgIpc) is 2.47. The fourth-order valence-corrected chi connectivity index (χ4v) is 2.19. The third-order valence-corrected chi connectivity index (χ3v) is 3.41. The highest BCUT2D eigenvalue weighted by molar-refractivity contribution is 5.94. The summed E-state index contributed by atoms with van der Waals surface area (Å²) in [6.07, 6.45) is 0. The van der Waals surface area contributed by atoms with Gasteiger partial charge in [-0.1, -0.05) is 17.7 Å². The van der Waals surface area contributed by atoms with E-state index in [2.05, 4.69) is 0 Å². The minimum atomic E-state index is -0.695. The number of nitrogens with one attached hydrogen (secondary N) is 1. The summed E-state index contributed by atoms with van der Waals surface area (Å²) in [4.78, 5) is 24.4. The quantitative estimate of drug-likeness (QED) is 0.333. The van der Waals surface area contributed by atoms with Crippen molar-refractivity contribution in [3.63, 3.8) is 0 Å². The molecule has 1 saturated heterocycles. The van der Waals surface area contributed by atoms with Gasteiger partial charge in [-0.15, -0.1) is 0 Å². The van der Waals surface area contributed by atoms with E-state index in [1.54, 1.807) is 21.6 Å². The molecule has 2 rings (SSSR count). The van der Waals surface area contributed by atoms with Crippen LogP contribution in [0.4, 0.5) is 0 Å². The van der Waals surface area contributed by atoms with Gasteiger partial charge in [0, 0.05) is 11.0 Å². The summed E-state index contributed by atoms with van der Waals surface area (Å²) in [6.45, 7) is 3.85. The molecule has 0 atom stereocenters. The van der Waals surface area contributed by atoms with Gasteiger partial charge in [-0.05, 0) is 19.1 Å². The topological polar surface area (TPSA) is 105 Å². The standard InChI is InChI=1S/C13H17N5O3/c1-10-2-4-11(5-3-10)12(19)16-6-8-17(9-7-16)13(14)15-18(20)21/h2-5H,6-9H2,1H3,(H2,14,15)/p+1. The fourth-order valence-electron chi connectivity index (χ4n) is 2.19. The molecule has 3 N–H and O–H groups in total. The van der Waals surface area contributed by atoms with Crippen LogP contribution < -0.4 is 11.2 Å². The molecule has 1 aliphatic rings. The summed E-state index contributed by atoms with van der Waals surface area (Å²) in [5, 5.41) is 9.64. The molecule has 0 bridgehead atoms. The summed E-state index contributed by atoms with van der Waals surface area (Å²) in [5.41, 5.74) is 9.27. The molecule has 8 heteroatoms. The first-order chi connectivity index (χ1) is 9.97. The molecule has 1 aliphatic heterocycles. The first kappa shape index (κ1) is 14.8. The van der Waals surface area contributed by atoms with E-state index in [4.69, 9.17) is 5.73 Å². The number of hydrogen-bond donors (Lipinski definition) is 2. The Balaban J connectivity index is 1.99.